The number of carbonyl (C=O) groups excluding carboxylic acids is 3. The first-order valence-electron chi connectivity index (χ1n) is 9.53. The smallest absolute Gasteiger partial charge is 0.222 e. The summed E-state index contributed by atoms with van der Waals surface area (Å²) in [5.41, 5.74) is 0. The number of nitrogens with one attached hydrogen (secondary N) is 1. The van der Waals surface area contributed by atoms with Crippen LogP contribution in [0.2, 0.25) is 0 Å². The lowest BCUT2D eigenvalue weighted by atomic mass is 10.1. The lowest BCUT2D eigenvalue weighted by Gasteiger charge is -2.17. The SMILES string of the molecule is COCCOCCCC(=O)C(CSC)NC(=O)CCOCCOCCC(C)=O. The van der Waals surface area contributed by atoms with Crippen molar-refractivity contribution in [1.29, 1.82) is 0 Å². The highest BCUT2D eigenvalue weighted by Crippen LogP contribution is 2.04. The van der Waals surface area contributed by atoms with Crippen LogP contribution < -0.4 is 5.32 Å². The molecule has 164 valence electrons. The zero-order valence-electron chi connectivity index (χ0n) is 17.3. The third-order valence-corrected chi connectivity index (χ3v) is 4.31. The van der Waals surface area contributed by atoms with E-state index in [-0.39, 0.29) is 30.5 Å². The largest absolute Gasteiger partial charge is 0.382 e. The first-order valence-corrected chi connectivity index (χ1v) is 10.9. The molecule has 0 aliphatic carbocycles. The van der Waals surface area contributed by atoms with Gasteiger partial charge in [-0.05, 0) is 19.6 Å². The fourth-order valence-corrected chi connectivity index (χ4v) is 2.72. The molecule has 0 aliphatic rings. The van der Waals surface area contributed by atoms with Gasteiger partial charge in [0.1, 0.15) is 5.78 Å². The van der Waals surface area contributed by atoms with Crippen molar-refractivity contribution < 1.29 is 33.3 Å². The summed E-state index contributed by atoms with van der Waals surface area (Å²) in [6, 6.07) is -0.489. The molecule has 1 amide bonds. The molecule has 0 radical (unpaired) electrons. The van der Waals surface area contributed by atoms with Gasteiger partial charge in [-0.3, -0.25) is 14.4 Å². The predicted octanol–water partition coefficient (Wildman–Crippen LogP) is 1.25. The Bertz CT molecular complexity index is 435. The molecule has 1 N–H and O–H groups in total. The molecule has 0 aromatic heterocycles. The quantitative estimate of drug-likeness (QED) is 0.293. The van der Waals surface area contributed by atoms with Crippen molar-refractivity contribution in [3.8, 4) is 0 Å². The van der Waals surface area contributed by atoms with Gasteiger partial charge in [0.15, 0.2) is 5.78 Å². The van der Waals surface area contributed by atoms with E-state index in [2.05, 4.69) is 5.32 Å². The molecule has 0 rings (SSSR count). The Morgan fingerprint density at radius 3 is 2.07 bits per heavy atom. The Morgan fingerprint density at radius 2 is 1.46 bits per heavy atom. The number of thioether (sulfide) groups is 1. The van der Waals surface area contributed by atoms with E-state index in [0.29, 0.717) is 64.7 Å². The molecule has 1 atom stereocenters. The van der Waals surface area contributed by atoms with E-state index >= 15 is 0 Å². The summed E-state index contributed by atoms with van der Waals surface area (Å²) >= 11 is 1.52. The van der Waals surface area contributed by atoms with Crippen LogP contribution in [0, 0.1) is 0 Å². The number of hydrogen-bond donors (Lipinski definition) is 1. The molecule has 0 aromatic rings. The molecule has 0 fully saturated rings. The lowest BCUT2D eigenvalue weighted by Crippen LogP contribution is -2.43. The standard InChI is InChI=1S/C19H35NO7S/c1-16(21)6-9-26-13-14-27-10-7-19(23)20-17(15-28-3)18(22)5-4-8-25-12-11-24-2/h17H,4-15H2,1-3H3,(H,20,23). The molecule has 0 saturated heterocycles. The molecule has 0 heterocycles. The fourth-order valence-electron chi connectivity index (χ4n) is 2.12. The summed E-state index contributed by atoms with van der Waals surface area (Å²) in [5, 5.41) is 2.78. The Morgan fingerprint density at radius 1 is 0.857 bits per heavy atom. The maximum Gasteiger partial charge on any atom is 0.222 e. The highest BCUT2D eigenvalue weighted by atomic mass is 32.2. The van der Waals surface area contributed by atoms with Gasteiger partial charge in [-0.2, -0.15) is 11.8 Å². The number of ether oxygens (including phenoxy) is 4. The van der Waals surface area contributed by atoms with Crippen LogP contribution in [0.15, 0.2) is 0 Å². The van der Waals surface area contributed by atoms with Gasteiger partial charge in [0.05, 0.1) is 45.7 Å². The van der Waals surface area contributed by atoms with E-state index in [1.165, 1.54) is 18.7 Å². The molecular formula is C19H35NO7S. The second-order valence-corrected chi connectivity index (χ2v) is 7.09. The third-order valence-electron chi connectivity index (χ3n) is 3.64. The van der Waals surface area contributed by atoms with Crippen LogP contribution >= 0.6 is 11.8 Å². The summed E-state index contributed by atoms with van der Waals surface area (Å²) < 4.78 is 20.8. The molecular weight excluding hydrogens is 386 g/mol. The first-order chi connectivity index (χ1) is 13.5. The average molecular weight is 422 g/mol. The minimum Gasteiger partial charge on any atom is -0.382 e. The minimum atomic E-state index is -0.489. The van der Waals surface area contributed by atoms with E-state index in [1.54, 1.807) is 7.11 Å². The van der Waals surface area contributed by atoms with E-state index in [9.17, 15) is 14.4 Å². The molecule has 1 unspecified atom stereocenters. The van der Waals surface area contributed by atoms with Crippen molar-refractivity contribution in [3.63, 3.8) is 0 Å². The van der Waals surface area contributed by atoms with Crippen molar-refractivity contribution in [1.82, 2.24) is 5.32 Å². The van der Waals surface area contributed by atoms with Crippen LogP contribution in [0.3, 0.4) is 0 Å². The van der Waals surface area contributed by atoms with E-state index < -0.39 is 6.04 Å². The first kappa shape index (κ1) is 27.0. The van der Waals surface area contributed by atoms with Crippen LogP contribution in [0.1, 0.15) is 32.6 Å². The maximum absolute atomic E-state index is 12.3. The van der Waals surface area contributed by atoms with Gasteiger partial charge < -0.3 is 24.3 Å². The number of rotatable bonds is 20. The summed E-state index contributed by atoms with van der Waals surface area (Å²) in [4.78, 5) is 35.1. The van der Waals surface area contributed by atoms with Crippen molar-refractivity contribution >= 4 is 29.2 Å². The molecule has 0 bridgehead atoms. The number of carbonyl (C=O) groups is 3. The van der Waals surface area contributed by atoms with Gasteiger partial charge in [0, 0.05) is 38.7 Å². The summed E-state index contributed by atoms with van der Waals surface area (Å²) in [6.07, 6.45) is 3.47. The normalized spacial score (nSPS) is 12.0. The van der Waals surface area contributed by atoms with Crippen molar-refractivity contribution in [2.45, 2.75) is 38.6 Å². The zero-order chi connectivity index (χ0) is 21.0. The summed E-state index contributed by atoms with van der Waals surface area (Å²) in [7, 11) is 1.61. The Kier molecular flexibility index (Phi) is 18.6. The number of ketones is 2. The molecule has 8 nitrogen and oxygen atoms in total. The summed E-state index contributed by atoms with van der Waals surface area (Å²) in [5.74, 6) is 0.435. The fraction of sp³-hybridized carbons (Fsp3) is 0.842. The Balaban J connectivity index is 3.87. The minimum absolute atomic E-state index is 0.0119. The van der Waals surface area contributed by atoms with E-state index in [4.69, 9.17) is 18.9 Å². The van der Waals surface area contributed by atoms with Crippen molar-refractivity contribution in [3.05, 3.63) is 0 Å². The van der Waals surface area contributed by atoms with Gasteiger partial charge in [-0.15, -0.1) is 0 Å². The zero-order valence-corrected chi connectivity index (χ0v) is 18.1. The molecule has 28 heavy (non-hydrogen) atoms. The molecule has 0 aliphatic heterocycles. The van der Waals surface area contributed by atoms with Crippen LogP contribution in [-0.2, 0) is 33.3 Å². The number of hydrogen-bond acceptors (Lipinski definition) is 8. The average Bonchev–Trinajstić information content (AvgIpc) is 2.65. The van der Waals surface area contributed by atoms with Crippen molar-refractivity contribution in [2.24, 2.45) is 0 Å². The van der Waals surface area contributed by atoms with Gasteiger partial charge >= 0.3 is 0 Å². The Labute approximate surface area is 172 Å². The van der Waals surface area contributed by atoms with Gasteiger partial charge in [0.25, 0.3) is 0 Å². The molecule has 0 aromatic carbocycles. The van der Waals surface area contributed by atoms with Crippen LogP contribution in [0.4, 0.5) is 0 Å². The van der Waals surface area contributed by atoms with Gasteiger partial charge in [-0.1, -0.05) is 0 Å². The monoisotopic (exact) mass is 421 g/mol. The molecule has 0 spiro atoms. The second-order valence-electron chi connectivity index (χ2n) is 6.18. The second kappa shape index (κ2) is 19.3. The maximum atomic E-state index is 12.3. The predicted molar refractivity (Wildman–Crippen MR) is 109 cm³/mol. The van der Waals surface area contributed by atoms with Gasteiger partial charge in [0.2, 0.25) is 5.91 Å². The van der Waals surface area contributed by atoms with E-state index in [1.807, 2.05) is 6.26 Å². The molecule has 0 saturated carbocycles. The topological polar surface area (TPSA) is 100 Å². The molecule has 9 heteroatoms. The van der Waals surface area contributed by atoms with Crippen LogP contribution in [0.5, 0.6) is 0 Å². The lowest BCUT2D eigenvalue weighted by molar-refractivity contribution is -0.128. The van der Waals surface area contributed by atoms with Gasteiger partial charge in [-0.25, -0.2) is 0 Å². The van der Waals surface area contributed by atoms with E-state index in [0.717, 1.165) is 0 Å². The highest BCUT2D eigenvalue weighted by Gasteiger charge is 2.19. The third kappa shape index (κ3) is 17.1. The number of methoxy groups -OCH3 is 1. The Hall–Kier alpha value is -1.00. The number of amides is 1. The highest BCUT2D eigenvalue weighted by molar-refractivity contribution is 7.98. The van der Waals surface area contributed by atoms with Crippen LogP contribution in [-0.4, -0.2) is 88.9 Å². The van der Waals surface area contributed by atoms with Crippen LogP contribution in [0.25, 0.3) is 0 Å². The van der Waals surface area contributed by atoms with Crippen molar-refractivity contribution in [2.75, 3.05) is 65.4 Å². The number of Topliss-reactive ketones (excluding diaryl/α,β-unsaturated/α-hetero) is 2. The summed E-state index contributed by atoms with van der Waals surface area (Å²) in [6.45, 7) is 4.45.